The lowest BCUT2D eigenvalue weighted by molar-refractivity contribution is 0.0988. The number of carbonyl (C=O) groups excluding carboxylic acids is 1. The molecule has 0 N–H and O–H groups in total. The zero-order valence-electron chi connectivity index (χ0n) is 10.1. The highest BCUT2D eigenvalue weighted by atomic mass is 16.5. The van der Waals surface area contributed by atoms with E-state index >= 15 is 0 Å². The average Bonchev–Trinajstić information content (AvgIpc) is 2.38. The Labute approximate surface area is 102 Å². The maximum absolute atomic E-state index is 11.4. The summed E-state index contributed by atoms with van der Waals surface area (Å²) in [6, 6.07) is 9.30. The van der Waals surface area contributed by atoms with E-state index in [-0.39, 0.29) is 5.78 Å². The van der Waals surface area contributed by atoms with Crippen molar-refractivity contribution in [3.8, 4) is 11.8 Å². The van der Waals surface area contributed by atoms with Crippen LogP contribution in [0, 0.1) is 11.3 Å². The third-order valence-electron chi connectivity index (χ3n) is 2.45. The van der Waals surface area contributed by atoms with E-state index in [4.69, 9.17) is 10.00 Å². The Hall–Kier alpha value is -1.82. The Morgan fingerprint density at radius 1 is 1.29 bits per heavy atom. The maximum atomic E-state index is 11.4. The fraction of sp³-hybridized carbons (Fsp3) is 0.429. The minimum Gasteiger partial charge on any atom is -0.494 e. The Morgan fingerprint density at radius 3 is 2.59 bits per heavy atom. The summed E-state index contributed by atoms with van der Waals surface area (Å²) in [6.45, 7) is 2.46. The summed E-state index contributed by atoms with van der Waals surface area (Å²) >= 11 is 0. The first kappa shape index (κ1) is 13.2. The SMILES string of the molecule is CCC(=O)c1ccc(OCCCCC#N)cc1. The van der Waals surface area contributed by atoms with Crippen molar-refractivity contribution in [1.29, 1.82) is 5.26 Å². The first-order valence-corrected chi connectivity index (χ1v) is 5.91. The van der Waals surface area contributed by atoms with Crippen LogP contribution in [0.5, 0.6) is 5.75 Å². The summed E-state index contributed by atoms with van der Waals surface area (Å²) in [7, 11) is 0. The molecular formula is C14H17NO2. The Balaban J connectivity index is 2.36. The zero-order valence-corrected chi connectivity index (χ0v) is 10.1. The van der Waals surface area contributed by atoms with Crippen LogP contribution in [0.2, 0.25) is 0 Å². The number of nitrogens with zero attached hydrogens (tertiary/aromatic N) is 1. The van der Waals surface area contributed by atoms with Gasteiger partial charge < -0.3 is 4.74 Å². The highest BCUT2D eigenvalue weighted by molar-refractivity contribution is 5.95. The summed E-state index contributed by atoms with van der Waals surface area (Å²) in [5, 5.41) is 8.37. The molecule has 0 aliphatic rings. The molecule has 0 radical (unpaired) electrons. The molecule has 90 valence electrons. The second-order valence-electron chi connectivity index (χ2n) is 3.76. The van der Waals surface area contributed by atoms with Crippen molar-refractivity contribution in [1.82, 2.24) is 0 Å². The average molecular weight is 231 g/mol. The smallest absolute Gasteiger partial charge is 0.162 e. The first-order chi connectivity index (χ1) is 8.27. The molecule has 0 aliphatic carbocycles. The van der Waals surface area contributed by atoms with Gasteiger partial charge in [0.05, 0.1) is 12.7 Å². The predicted octanol–water partition coefficient (Wildman–Crippen LogP) is 3.35. The quantitative estimate of drug-likeness (QED) is 0.534. The fourth-order valence-corrected chi connectivity index (χ4v) is 1.44. The van der Waals surface area contributed by atoms with Crippen molar-refractivity contribution in [2.45, 2.75) is 32.6 Å². The second-order valence-corrected chi connectivity index (χ2v) is 3.76. The first-order valence-electron chi connectivity index (χ1n) is 5.91. The summed E-state index contributed by atoms with van der Waals surface area (Å²) in [6.07, 6.45) is 2.84. The van der Waals surface area contributed by atoms with Crippen LogP contribution < -0.4 is 4.74 Å². The van der Waals surface area contributed by atoms with E-state index in [1.165, 1.54) is 0 Å². The molecule has 1 rings (SSSR count). The van der Waals surface area contributed by atoms with Crippen molar-refractivity contribution in [3.05, 3.63) is 29.8 Å². The summed E-state index contributed by atoms with van der Waals surface area (Å²) < 4.78 is 5.50. The molecular weight excluding hydrogens is 214 g/mol. The molecule has 0 atom stereocenters. The molecule has 0 bridgehead atoms. The van der Waals surface area contributed by atoms with E-state index in [1.807, 2.05) is 19.1 Å². The van der Waals surface area contributed by atoms with Crippen LogP contribution >= 0.6 is 0 Å². The molecule has 0 aromatic heterocycles. The van der Waals surface area contributed by atoms with E-state index < -0.39 is 0 Å². The lowest BCUT2D eigenvalue weighted by Crippen LogP contribution is -1.99. The van der Waals surface area contributed by atoms with Crippen LogP contribution in [0.1, 0.15) is 43.0 Å². The Bertz CT molecular complexity index is 390. The van der Waals surface area contributed by atoms with E-state index in [1.54, 1.807) is 12.1 Å². The summed E-state index contributed by atoms with van der Waals surface area (Å²) in [5.41, 5.74) is 0.726. The van der Waals surface area contributed by atoms with Crippen LogP contribution in [0.4, 0.5) is 0 Å². The molecule has 1 aromatic carbocycles. The number of Topliss-reactive ketones (excluding diaryl/α,β-unsaturated/α-hetero) is 1. The molecule has 3 heteroatoms. The number of nitriles is 1. The number of ketones is 1. The third kappa shape index (κ3) is 4.69. The molecule has 0 saturated heterocycles. The van der Waals surface area contributed by atoms with Gasteiger partial charge in [-0.2, -0.15) is 5.26 Å². The molecule has 0 fully saturated rings. The van der Waals surface area contributed by atoms with Crippen LogP contribution in [-0.4, -0.2) is 12.4 Å². The van der Waals surface area contributed by atoms with Crippen molar-refractivity contribution >= 4 is 5.78 Å². The minimum absolute atomic E-state index is 0.144. The van der Waals surface area contributed by atoms with E-state index in [2.05, 4.69) is 6.07 Å². The van der Waals surface area contributed by atoms with Gasteiger partial charge in [0.2, 0.25) is 0 Å². The van der Waals surface area contributed by atoms with Crippen LogP contribution in [-0.2, 0) is 0 Å². The molecule has 3 nitrogen and oxygen atoms in total. The summed E-state index contributed by atoms with van der Waals surface area (Å²) in [5.74, 6) is 0.917. The fourth-order valence-electron chi connectivity index (χ4n) is 1.44. The lowest BCUT2D eigenvalue weighted by Gasteiger charge is -2.05. The number of ether oxygens (including phenoxy) is 1. The Morgan fingerprint density at radius 2 is 2.00 bits per heavy atom. The van der Waals surface area contributed by atoms with Gasteiger partial charge >= 0.3 is 0 Å². The van der Waals surface area contributed by atoms with E-state index in [0.717, 1.165) is 24.2 Å². The second kappa shape index (κ2) is 7.45. The normalized spacial score (nSPS) is 9.65. The molecule has 17 heavy (non-hydrogen) atoms. The third-order valence-corrected chi connectivity index (χ3v) is 2.45. The van der Waals surface area contributed by atoms with Gasteiger partial charge in [0, 0.05) is 18.4 Å². The molecule has 0 aliphatic heterocycles. The number of unbranched alkanes of at least 4 members (excludes halogenated alkanes) is 2. The number of benzene rings is 1. The standard InChI is InChI=1S/C14H17NO2/c1-2-14(16)12-6-8-13(9-7-12)17-11-5-3-4-10-15/h6-9H,2-5,11H2,1H3. The number of rotatable bonds is 7. The van der Waals surface area contributed by atoms with Gasteiger partial charge in [-0.15, -0.1) is 0 Å². The van der Waals surface area contributed by atoms with Gasteiger partial charge in [-0.1, -0.05) is 6.92 Å². The molecule has 0 spiro atoms. The van der Waals surface area contributed by atoms with Gasteiger partial charge in [0.15, 0.2) is 5.78 Å². The van der Waals surface area contributed by atoms with Crippen molar-refractivity contribution in [3.63, 3.8) is 0 Å². The van der Waals surface area contributed by atoms with Gasteiger partial charge in [-0.3, -0.25) is 4.79 Å². The maximum Gasteiger partial charge on any atom is 0.162 e. The van der Waals surface area contributed by atoms with Crippen molar-refractivity contribution in [2.24, 2.45) is 0 Å². The molecule has 1 aromatic rings. The van der Waals surface area contributed by atoms with Crippen LogP contribution in [0.3, 0.4) is 0 Å². The highest BCUT2D eigenvalue weighted by Crippen LogP contribution is 2.14. The minimum atomic E-state index is 0.144. The van der Waals surface area contributed by atoms with Gasteiger partial charge in [0.25, 0.3) is 0 Å². The van der Waals surface area contributed by atoms with Gasteiger partial charge in [0.1, 0.15) is 5.75 Å². The largest absolute Gasteiger partial charge is 0.494 e. The number of hydrogen-bond acceptors (Lipinski definition) is 3. The van der Waals surface area contributed by atoms with E-state index in [9.17, 15) is 4.79 Å². The van der Waals surface area contributed by atoms with Gasteiger partial charge in [-0.05, 0) is 37.1 Å². The predicted molar refractivity (Wildman–Crippen MR) is 66.0 cm³/mol. The summed E-state index contributed by atoms with van der Waals surface area (Å²) in [4.78, 5) is 11.4. The highest BCUT2D eigenvalue weighted by Gasteiger charge is 2.02. The van der Waals surface area contributed by atoms with Crippen molar-refractivity contribution in [2.75, 3.05) is 6.61 Å². The molecule has 0 amide bonds. The van der Waals surface area contributed by atoms with Gasteiger partial charge in [-0.25, -0.2) is 0 Å². The molecule has 0 heterocycles. The van der Waals surface area contributed by atoms with Crippen molar-refractivity contribution < 1.29 is 9.53 Å². The number of carbonyl (C=O) groups is 1. The molecule has 0 unspecified atom stereocenters. The monoisotopic (exact) mass is 231 g/mol. The van der Waals surface area contributed by atoms with Crippen LogP contribution in [0.15, 0.2) is 24.3 Å². The van der Waals surface area contributed by atoms with Crippen LogP contribution in [0.25, 0.3) is 0 Å². The topological polar surface area (TPSA) is 50.1 Å². The Kier molecular flexibility index (Phi) is 5.81. The van der Waals surface area contributed by atoms with E-state index in [0.29, 0.717) is 19.4 Å². The zero-order chi connectivity index (χ0) is 12.5. The lowest BCUT2D eigenvalue weighted by atomic mass is 10.1. The molecule has 0 saturated carbocycles. The number of hydrogen-bond donors (Lipinski definition) is 0.